The number of carbonyl (C=O) groups excluding carboxylic acids is 2. The summed E-state index contributed by atoms with van der Waals surface area (Å²) in [5.74, 6) is -4.60. The lowest BCUT2D eigenvalue weighted by Crippen LogP contribution is -2.18. The molecule has 4 rings (SSSR count). The normalized spacial score (nSPS) is 18.1. The number of hydrogen-bond acceptors (Lipinski definition) is 3. The predicted octanol–water partition coefficient (Wildman–Crippen LogP) is 7.39. The maximum Gasteiger partial charge on any atom is 0.257 e. The summed E-state index contributed by atoms with van der Waals surface area (Å²) in [5, 5.41) is 5.50. The van der Waals surface area contributed by atoms with Crippen LogP contribution in [0.25, 0.3) is 0 Å². The van der Waals surface area contributed by atoms with Crippen molar-refractivity contribution >= 4 is 91.2 Å². The van der Waals surface area contributed by atoms with Crippen molar-refractivity contribution in [2.45, 2.75) is 10.3 Å². The van der Waals surface area contributed by atoms with Crippen LogP contribution in [-0.4, -0.2) is 16.1 Å². The van der Waals surface area contributed by atoms with E-state index in [0.29, 0.717) is 9.50 Å². The standard InChI is InChI=1S/C23H14BrCl4F2N3O2/c24-12-7-9(1-3-14(12)26)17-18(23(17,27)28)22(35)32-10-2-4-13(25)11(8-10)21(34)33-16-6-5-15(29)20(31)19(16)30/h1-8,17-18H,31H2,(H,32,35)(H,33,34)/t17-,18+/m1/s1. The second-order valence-electron chi connectivity index (χ2n) is 7.76. The van der Waals surface area contributed by atoms with Crippen LogP contribution in [0.3, 0.4) is 0 Å². The number of alkyl halides is 2. The first-order chi connectivity index (χ1) is 16.4. The topological polar surface area (TPSA) is 84.2 Å². The summed E-state index contributed by atoms with van der Waals surface area (Å²) < 4.78 is 26.9. The van der Waals surface area contributed by atoms with E-state index in [1.807, 2.05) is 0 Å². The molecule has 1 aliphatic rings. The Labute approximate surface area is 227 Å². The molecule has 0 radical (unpaired) electrons. The van der Waals surface area contributed by atoms with Gasteiger partial charge in [0.2, 0.25) is 5.91 Å². The molecule has 0 aromatic heterocycles. The van der Waals surface area contributed by atoms with Crippen molar-refractivity contribution in [3.8, 4) is 0 Å². The Morgan fingerprint density at radius 1 is 0.971 bits per heavy atom. The second-order valence-corrected chi connectivity index (χ2v) is 10.9. The van der Waals surface area contributed by atoms with Gasteiger partial charge in [0, 0.05) is 16.1 Å². The number of rotatable bonds is 5. The molecule has 35 heavy (non-hydrogen) atoms. The monoisotopic (exact) mass is 621 g/mol. The van der Waals surface area contributed by atoms with Crippen LogP contribution in [0.1, 0.15) is 21.8 Å². The molecule has 1 aliphatic carbocycles. The zero-order valence-corrected chi connectivity index (χ0v) is 21.9. The van der Waals surface area contributed by atoms with Gasteiger partial charge in [0.1, 0.15) is 15.8 Å². The third-order valence-electron chi connectivity index (χ3n) is 5.49. The van der Waals surface area contributed by atoms with Gasteiger partial charge in [-0.3, -0.25) is 9.59 Å². The van der Waals surface area contributed by atoms with Gasteiger partial charge in [-0.2, -0.15) is 0 Å². The van der Waals surface area contributed by atoms with E-state index in [0.717, 1.165) is 17.7 Å². The first kappa shape index (κ1) is 26.0. The fraction of sp³-hybridized carbons (Fsp3) is 0.130. The molecule has 5 nitrogen and oxygen atoms in total. The van der Waals surface area contributed by atoms with Crippen LogP contribution in [-0.2, 0) is 4.79 Å². The number of anilines is 3. The first-order valence-corrected chi connectivity index (χ1v) is 12.2. The van der Waals surface area contributed by atoms with Crippen LogP contribution < -0.4 is 16.4 Å². The number of amides is 2. The van der Waals surface area contributed by atoms with Gasteiger partial charge in [-0.05, 0) is 64.0 Å². The Kier molecular flexibility index (Phi) is 7.23. The van der Waals surface area contributed by atoms with Crippen molar-refractivity contribution < 1.29 is 18.4 Å². The Morgan fingerprint density at radius 3 is 2.34 bits per heavy atom. The third-order valence-corrected chi connectivity index (χ3v) is 7.98. The number of nitrogens with two attached hydrogens (primary N) is 1. The van der Waals surface area contributed by atoms with E-state index in [1.165, 1.54) is 18.2 Å². The molecule has 0 saturated heterocycles. The number of benzene rings is 3. The molecule has 2 atom stereocenters. The van der Waals surface area contributed by atoms with Gasteiger partial charge < -0.3 is 16.4 Å². The van der Waals surface area contributed by atoms with E-state index in [2.05, 4.69) is 26.6 Å². The fourth-order valence-electron chi connectivity index (χ4n) is 3.63. The molecule has 1 saturated carbocycles. The van der Waals surface area contributed by atoms with Crippen molar-refractivity contribution in [1.29, 1.82) is 0 Å². The SMILES string of the molecule is Nc1c(F)ccc(NC(=O)c2cc(NC(=O)[C@@H]3[C@@H](c4ccc(Cl)c(Br)c4)C3(Cl)Cl)ccc2Cl)c1F. The summed E-state index contributed by atoms with van der Waals surface area (Å²) in [6, 6.07) is 11.3. The maximum atomic E-state index is 14.2. The van der Waals surface area contributed by atoms with E-state index in [4.69, 9.17) is 52.1 Å². The molecule has 0 bridgehead atoms. The summed E-state index contributed by atoms with van der Waals surface area (Å²) in [6.45, 7) is 0. The molecule has 0 unspecified atom stereocenters. The highest BCUT2D eigenvalue weighted by molar-refractivity contribution is 9.10. The molecule has 1 fully saturated rings. The van der Waals surface area contributed by atoms with Crippen molar-refractivity contribution in [3.05, 3.63) is 85.8 Å². The molecular weight excluding hydrogens is 610 g/mol. The van der Waals surface area contributed by atoms with Gasteiger partial charge >= 0.3 is 0 Å². The number of hydrogen-bond donors (Lipinski definition) is 3. The fourth-order valence-corrected chi connectivity index (χ4v) is 5.17. The van der Waals surface area contributed by atoms with Gasteiger partial charge in [0.25, 0.3) is 5.91 Å². The number of nitrogen functional groups attached to an aromatic ring is 1. The largest absolute Gasteiger partial charge is 0.394 e. The highest BCUT2D eigenvalue weighted by atomic mass is 79.9. The summed E-state index contributed by atoms with van der Waals surface area (Å²) >= 11 is 28.3. The molecule has 3 aromatic carbocycles. The molecule has 2 amide bonds. The average Bonchev–Trinajstić information content (AvgIpc) is 3.39. The van der Waals surface area contributed by atoms with Gasteiger partial charge in [-0.15, -0.1) is 23.2 Å². The minimum absolute atomic E-state index is 0.0373. The highest BCUT2D eigenvalue weighted by Crippen LogP contribution is 2.65. The summed E-state index contributed by atoms with van der Waals surface area (Å²) in [6.07, 6.45) is 0. The van der Waals surface area contributed by atoms with Crippen LogP contribution in [0.4, 0.5) is 25.8 Å². The molecule has 0 heterocycles. The molecular formula is C23H14BrCl4F2N3O2. The van der Waals surface area contributed by atoms with Crippen molar-refractivity contribution in [2.75, 3.05) is 16.4 Å². The quantitative estimate of drug-likeness (QED) is 0.205. The summed E-state index contributed by atoms with van der Waals surface area (Å²) in [4.78, 5) is 25.6. The molecule has 12 heteroatoms. The highest BCUT2D eigenvalue weighted by Gasteiger charge is 2.67. The van der Waals surface area contributed by atoms with E-state index in [1.54, 1.807) is 18.2 Å². The number of carbonyl (C=O) groups is 2. The smallest absolute Gasteiger partial charge is 0.257 e. The zero-order valence-electron chi connectivity index (χ0n) is 17.3. The van der Waals surface area contributed by atoms with Crippen LogP contribution in [0.5, 0.6) is 0 Å². The van der Waals surface area contributed by atoms with Gasteiger partial charge in [-0.25, -0.2) is 8.78 Å². The van der Waals surface area contributed by atoms with Crippen LogP contribution in [0.2, 0.25) is 10.0 Å². The summed E-state index contributed by atoms with van der Waals surface area (Å²) in [5.41, 5.74) is 5.16. The Balaban J connectivity index is 1.52. The molecule has 4 N–H and O–H groups in total. The van der Waals surface area contributed by atoms with Crippen molar-refractivity contribution in [2.24, 2.45) is 5.92 Å². The predicted molar refractivity (Wildman–Crippen MR) is 139 cm³/mol. The number of nitrogens with one attached hydrogen (secondary N) is 2. The van der Waals surface area contributed by atoms with E-state index >= 15 is 0 Å². The van der Waals surface area contributed by atoms with Crippen LogP contribution in [0.15, 0.2) is 53.0 Å². The van der Waals surface area contributed by atoms with Crippen molar-refractivity contribution in [3.63, 3.8) is 0 Å². The van der Waals surface area contributed by atoms with Crippen LogP contribution >= 0.6 is 62.3 Å². The maximum absolute atomic E-state index is 14.2. The number of halogens is 7. The van der Waals surface area contributed by atoms with E-state index in [9.17, 15) is 18.4 Å². The first-order valence-electron chi connectivity index (χ1n) is 9.89. The van der Waals surface area contributed by atoms with E-state index < -0.39 is 45.3 Å². The molecule has 182 valence electrons. The second kappa shape index (κ2) is 9.75. The van der Waals surface area contributed by atoms with Crippen molar-refractivity contribution in [1.82, 2.24) is 0 Å². The van der Waals surface area contributed by atoms with Gasteiger partial charge in [0.15, 0.2) is 5.82 Å². The lowest BCUT2D eigenvalue weighted by atomic mass is 10.1. The summed E-state index contributed by atoms with van der Waals surface area (Å²) in [7, 11) is 0. The van der Waals surface area contributed by atoms with E-state index in [-0.39, 0.29) is 22.0 Å². The zero-order chi connectivity index (χ0) is 25.7. The average molecular weight is 624 g/mol. The Morgan fingerprint density at radius 2 is 1.66 bits per heavy atom. The lowest BCUT2D eigenvalue weighted by molar-refractivity contribution is -0.117. The minimum atomic E-state index is -1.34. The Bertz CT molecular complexity index is 1370. The minimum Gasteiger partial charge on any atom is -0.394 e. The lowest BCUT2D eigenvalue weighted by Gasteiger charge is -2.11. The Hall–Kier alpha value is -2.10. The molecule has 0 aliphatic heterocycles. The molecule has 3 aromatic rings. The van der Waals surface area contributed by atoms with Gasteiger partial charge in [-0.1, -0.05) is 29.3 Å². The van der Waals surface area contributed by atoms with Crippen LogP contribution in [0, 0.1) is 17.6 Å². The third kappa shape index (κ3) is 5.08. The molecule has 0 spiro atoms. The van der Waals surface area contributed by atoms with Gasteiger partial charge in [0.05, 0.1) is 27.2 Å².